The summed E-state index contributed by atoms with van der Waals surface area (Å²) >= 11 is 0. The van der Waals surface area contributed by atoms with Crippen molar-refractivity contribution < 1.29 is 4.52 Å². The number of aromatic nitrogens is 1. The summed E-state index contributed by atoms with van der Waals surface area (Å²) < 4.78 is 6.39. The lowest BCUT2D eigenvalue weighted by atomic mass is 10.1. The zero-order valence-electron chi connectivity index (χ0n) is 7.04. The van der Waals surface area contributed by atoms with Crippen LogP contribution in [0.25, 0.3) is 0 Å². The van der Waals surface area contributed by atoms with Gasteiger partial charge in [-0.15, -0.1) is 0 Å². The summed E-state index contributed by atoms with van der Waals surface area (Å²) in [6.45, 7) is 1.03. The highest BCUT2D eigenvalue weighted by atomic mass is 16.5. The van der Waals surface area contributed by atoms with Crippen LogP contribution in [0.4, 0.5) is 0 Å². The summed E-state index contributed by atoms with van der Waals surface area (Å²) in [6, 6.07) is 1.87. The van der Waals surface area contributed by atoms with Crippen LogP contribution in [0.3, 0.4) is 0 Å². The number of hydrogen-bond acceptors (Lipinski definition) is 3. The summed E-state index contributed by atoms with van der Waals surface area (Å²) in [5, 5.41) is 3.31. The number of hydrogen-bond donors (Lipinski definition) is 1. The number of nitrogens with one attached hydrogen (secondary N) is 1. The van der Waals surface area contributed by atoms with Crippen molar-refractivity contribution in [2.45, 2.75) is 18.9 Å². The van der Waals surface area contributed by atoms with Gasteiger partial charge in [-0.05, 0) is 19.4 Å². The van der Waals surface area contributed by atoms with E-state index in [1.54, 1.807) is 17.9 Å². The van der Waals surface area contributed by atoms with Crippen LogP contribution in [0.5, 0.6) is 0 Å². The van der Waals surface area contributed by atoms with Crippen molar-refractivity contribution in [3.63, 3.8) is 0 Å². The van der Waals surface area contributed by atoms with Crippen LogP contribution in [0.2, 0.25) is 0 Å². The Bertz CT molecular complexity index is 320. The molecule has 2 heterocycles. The molecule has 1 aliphatic heterocycles. The summed E-state index contributed by atoms with van der Waals surface area (Å²) in [7, 11) is 1.76. The Morgan fingerprint density at radius 2 is 2.58 bits per heavy atom. The molecule has 1 N–H and O–H groups in total. The van der Waals surface area contributed by atoms with E-state index in [9.17, 15) is 4.79 Å². The minimum Gasteiger partial charge on any atom is -0.336 e. The monoisotopic (exact) mass is 168 g/mol. The fourth-order valence-corrected chi connectivity index (χ4v) is 1.68. The third-order valence-electron chi connectivity index (χ3n) is 2.27. The smallest absolute Gasteiger partial charge is 0.336 e. The Balaban J connectivity index is 2.31. The second-order valence-corrected chi connectivity index (χ2v) is 3.13. The Morgan fingerprint density at radius 3 is 3.08 bits per heavy atom. The second-order valence-electron chi connectivity index (χ2n) is 3.13. The molecule has 1 saturated heterocycles. The minimum atomic E-state index is -0.263. The van der Waals surface area contributed by atoms with Crippen molar-refractivity contribution in [1.29, 1.82) is 0 Å². The standard InChI is InChI=1S/C8H12N2O2/c1-10-7(5-8(11)12-10)6-3-2-4-9-6/h5-6,9H,2-4H2,1H3/t6-/m0/s1. The van der Waals surface area contributed by atoms with Gasteiger partial charge < -0.3 is 9.84 Å². The maximum absolute atomic E-state index is 10.9. The largest absolute Gasteiger partial charge is 0.357 e. The first-order valence-corrected chi connectivity index (χ1v) is 4.18. The molecule has 1 aromatic rings. The third kappa shape index (κ3) is 1.18. The normalized spacial score (nSPS) is 23.2. The van der Waals surface area contributed by atoms with Gasteiger partial charge in [0.25, 0.3) is 0 Å². The predicted octanol–water partition coefficient (Wildman–Crippen LogP) is 0.403. The number of rotatable bonds is 1. The number of nitrogens with zero attached hydrogens (tertiary/aromatic N) is 1. The lowest BCUT2D eigenvalue weighted by Gasteiger charge is -2.08. The van der Waals surface area contributed by atoms with E-state index in [1.807, 2.05) is 0 Å². The van der Waals surface area contributed by atoms with Gasteiger partial charge in [0.1, 0.15) is 0 Å². The molecule has 0 saturated carbocycles. The lowest BCUT2D eigenvalue weighted by molar-refractivity contribution is 0.270. The molecular formula is C8H12N2O2. The second kappa shape index (κ2) is 2.79. The highest BCUT2D eigenvalue weighted by Gasteiger charge is 2.20. The summed E-state index contributed by atoms with van der Waals surface area (Å²) in [5.74, 6) is 0. The fourth-order valence-electron chi connectivity index (χ4n) is 1.68. The van der Waals surface area contributed by atoms with Crippen LogP contribution in [-0.4, -0.2) is 11.3 Å². The Kier molecular flexibility index (Phi) is 1.77. The lowest BCUT2D eigenvalue weighted by Crippen LogP contribution is -2.15. The third-order valence-corrected chi connectivity index (χ3v) is 2.27. The van der Waals surface area contributed by atoms with Crippen LogP contribution in [0, 0.1) is 0 Å². The van der Waals surface area contributed by atoms with Gasteiger partial charge in [0.05, 0.1) is 11.7 Å². The molecule has 0 radical (unpaired) electrons. The van der Waals surface area contributed by atoms with Crippen LogP contribution >= 0.6 is 0 Å². The average Bonchev–Trinajstić information content (AvgIpc) is 2.58. The first-order chi connectivity index (χ1) is 5.77. The van der Waals surface area contributed by atoms with Gasteiger partial charge >= 0.3 is 5.63 Å². The van der Waals surface area contributed by atoms with E-state index in [0.29, 0.717) is 6.04 Å². The molecular weight excluding hydrogens is 156 g/mol. The van der Waals surface area contributed by atoms with Crippen molar-refractivity contribution in [3.05, 3.63) is 22.2 Å². The van der Waals surface area contributed by atoms with Crippen LogP contribution < -0.4 is 10.9 Å². The van der Waals surface area contributed by atoms with Gasteiger partial charge in [-0.2, -0.15) is 0 Å². The highest BCUT2D eigenvalue weighted by molar-refractivity contribution is 5.06. The predicted molar refractivity (Wildman–Crippen MR) is 43.9 cm³/mol. The van der Waals surface area contributed by atoms with Gasteiger partial charge in [0, 0.05) is 13.1 Å². The topological polar surface area (TPSA) is 47.2 Å². The maximum Gasteiger partial charge on any atom is 0.357 e. The van der Waals surface area contributed by atoms with E-state index in [1.165, 1.54) is 6.42 Å². The van der Waals surface area contributed by atoms with Gasteiger partial charge in [-0.1, -0.05) is 0 Å². The summed E-state index contributed by atoms with van der Waals surface area (Å²) in [4.78, 5) is 10.9. The molecule has 1 aliphatic rings. The molecule has 1 aromatic heterocycles. The van der Waals surface area contributed by atoms with E-state index >= 15 is 0 Å². The molecule has 0 bridgehead atoms. The molecule has 4 heteroatoms. The van der Waals surface area contributed by atoms with Crippen molar-refractivity contribution in [2.75, 3.05) is 6.54 Å². The maximum atomic E-state index is 10.9. The summed E-state index contributed by atoms with van der Waals surface area (Å²) in [6.07, 6.45) is 2.26. The van der Waals surface area contributed by atoms with E-state index in [2.05, 4.69) is 5.32 Å². The van der Waals surface area contributed by atoms with E-state index in [-0.39, 0.29) is 5.63 Å². The van der Waals surface area contributed by atoms with Gasteiger partial charge in [0.15, 0.2) is 0 Å². The molecule has 0 aromatic carbocycles. The van der Waals surface area contributed by atoms with Crippen molar-refractivity contribution >= 4 is 0 Å². The van der Waals surface area contributed by atoms with Crippen LogP contribution in [0.15, 0.2) is 15.4 Å². The molecule has 0 aliphatic carbocycles. The number of aryl methyl sites for hydroxylation is 1. The first kappa shape index (κ1) is 7.61. The molecule has 2 rings (SSSR count). The van der Waals surface area contributed by atoms with Crippen molar-refractivity contribution in [3.8, 4) is 0 Å². The summed E-state index contributed by atoms with van der Waals surface area (Å²) in [5.41, 5.74) is 0.693. The molecule has 0 amide bonds. The fraction of sp³-hybridized carbons (Fsp3) is 0.625. The Labute approximate surface area is 70.1 Å². The van der Waals surface area contributed by atoms with Gasteiger partial charge in [-0.25, -0.2) is 9.53 Å². The van der Waals surface area contributed by atoms with Crippen LogP contribution in [0.1, 0.15) is 24.6 Å². The highest BCUT2D eigenvalue weighted by Crippen LogP contribution is 2.21. The van der Waals surface area contributed by atoms with Gasteiger partial charge in [0.2, 0.25) is 0 Å². The van der Waals surface area contributed by atoms with Crippen molar-refractivity contribution in [1.82, 2.24) is 10.1 Å². The SMILES string of the molecule is Cn1oc(=O)cc1[C@@H]1CCCN1. The minimum absolute atomic E-state index is 0.263. The first-order valence-electron chi connectivity index (χ1n) is 4.18. The molecule has 66 valence electrons. The quantitative estimate of drug-likeness (QED) is 0.660. The molecule has 4 nitrogen and oxygen atoms in total. The molecule has 0 unspecified atom stereocenters. The van der Waals surface area contributed by atoms with Gasteiger partial charge in [-0.3, -0.25) is 0 Å². The zero-order chi connectivity index (χ0) is 8.55. The van der Waals surface area contributed by atoms with E-state index in [4.69, 9.17) is 4.52 Å². The Morgan fingerprint density at radius 1 is 1.75 bits per heavy atom. The van der Waals surface area contributed by atoms with E-state index < -0.39 is 0 Å². The molecule has 1 atom stereocenters. The van der Waals surface area contributed by atoms with Crippen LogP contribution in [-0.2, 0) is 7.05 Å². The van der Waals surface area contributed by atoms with E-state index in [0.717, 1.165) is 18.7 Å². The molecule has 0 spiro atoms. The molecule has 12 heavy (non-hydrogen) atoms. The van der Waals surface area contributed by atoms with Crippen molar-refractivity contribution in [2.24, 2.45) is 7.05 Å². The zero-order valence-corrected chi connectivity index (χ0v) is 7.04. The average molecular weight is 168 g/mol. The Hall–Kier alpha value is -1.03. The molecule has 1 fully saturated rings.